The van der Waals surface area contributed by atoms with Crippen molar-refractivity contribution in [2.45, 2.75) is 18.8 Å². The first-order valence-corrected chi connectivity index (χ1v) is 6.48. The second-order valence-electron chi connectivity index (χ2n) is 5.22. The lowest BCUT2D eigenvalue weighted by Gasteiger charge is -2.18. The molecule has 1 fully saturated rings. The largest absolute Gasteiger partial charge is 0.465 e. The number of benzene rings is 1. The highest BCUT2D eigenvalue weighted by Crippen LogP contribution is 2.55. The van der Waals surface area contributed by atoms with Gasteiger partial charge in [-0.15, -0.1) is 12.4 Å². The minimum atomic E-state index is -0.401. The number of rotatable bonds is 5. The van der Waals surface area contributed by atoms with Crippen LogP contribution in [0.15, 0.2) is 30.3 Å². The molecular weight excluding hydrogens is 262 g/mol. The first kappa shape index (κ1) is 16.0. The van der Waals surface area contributed by atoms with Gasteiger partial charge in [-0.05, 0) is 38.9 Å². The van der Waals surface area contributed by atoms with E-state index in [2.05, 4.69) is 4.90 Å². The van der Waals surface area contributed by atoms with Crippen LogP contribution in [0.25, 0.3) is 0 Å². The third-order valence-corrected chi connectivity index (χ3v) is 3.62. The average molecular weight is 284 g/mol. The first-order valence-electron chi connectivity index (χ1n) is 6.48. The van der Waals surface area contributed by atoms with Gasteiger partial charge in [-0.3, -0.25) is 4.79 Å². The molecule has 1 saturated carbocycles. The molecule has 0 saturated heterocycles. The molecule has 0 aliphatic heterocycles. The van der Waals surface area contributed by atoms with Crippen LogP contribution < -0.4 is 0 Å². The van der Waals surface area contributed by atoms with Crippen molar-refractivity contribution in [1.82, 2.24) is 4.90 Å². The lowest BCUT2D eigenvalue weighted by Crippen LogP contribution is -2.29. The van der Waals surface area contributed by atoms with Crippen molar-refractivity contribution in [2.75, 3.05) is 27.2 Å². The van der Waals surface area contributed by atoms with Gasteiger partial charge in [-0.2, -0.15) is 0 Å². The van der Waals surface area contributed by atoms with Gasteiger partial charge < -0.3 is 9.64 Å². The maximum absolute atomic E-state index is 12.3. The second kappa shape index (κ2) is 6.40. The molecule has 3 nitrogen and oxygen atoms in total. The summed E-state index contributed by atoms with van der Waals surface area (Å²) in [5.74, 6) is 0.303. The highest BCUT2D eigenvalue weighted by Gasteiger charge is 2.62. The summed E-state index contributed by atoms with van der Waals surface area (Å²) < 4.78 is 5.28. The number of ether oxygens (including phenoxy) is 1. The highest BCUT2D eigenvalue weighted by molar-refractivity contribution is 5.87. The summed E-state index contributed by atoms with van der Waals surface area (Å²) in [5, 5.41) is 0. The van der Waals surface area contributed by atoms with E-state index in [1.54, 1.807) is 0 Å². The molecule has 0 aromatic heterocycles. The van der Waals surface area contributed by atoms with Gasteiger partial charge in [-0.25, -0.2) is 0 Å². The van der Waals surface area contributed by atoms with Crippen molar-refractivity contribution in [3.05, 3.63) is 35.9 Å². The molecule has 19 heavy (non-hydrogen) atoms. The van der Waals surface area contributed by atoms with Crippen LogP contribution in [0.1, 0.15) is 18.9 Å². The molecule has 0 bridgehead atoms. The predicted octanol–water partition coefficient (Wildman–Crippen LogP) is 2.49. The van der Waals surface area contributed by atoms with Crippen molar-refractivity contribution in [1.29, 1.82) is 0 Å². The fourth-order valence-corrected chi connectivity index (χ4v) is 2.71. The fraction of sp³-hybridized carbons (Fsp3) is 0.533. The normalized spacial score (nSPS) is 24.7. The van der Waals surface area contributed by atoms with E-state index >= 15 is 0 Å². The van der Waals surface area contributed by atoms with Gasteiger partial charge in [0, 0.05) is 6.54 Å². The summed E-state index contributed by atoms with van der Waals surface area (Å²) in [4.78, 5) is 14.4. The van der Waals surface area contributed by atoms with Gasteiger partial charge in [0.2, 0.25) is 0 Å². The van der Waals surface area contributed by atoms with E-state index in [0.29, 0.717) is 12.5 Å². The zero-order chi connectivity index (χ0) is 13.2. The van der Waals surface area contributed by atoms with Crippen LogP contribution in [-0.2, 0) is 14.9 Å². The van der Waals surface area contributed by atoms with Crippen molar-refractivity contribution >= 4 is 18.4 Å². The van der Waals surface area contributed by atoms with E-state index in [-0.39, 0.29) is 18.4 Å². The van der Waals surface area contributed by atoms with Gasteiger partial charge in [0.15, 0.2) is 0 Å². The molecular formula is C15H22ClNO2. The Hall–Kier alpha value is -1.06. The molecule has 0 amide bonds. The molecule has 1 aromatic rings. The standard InChI is InChI=1S/C15H21NO2.ClH/c1-4-18-14(17)15(10-13(15)11-16(2)3)12-8-6-5-7-9-12;/h5-9,13H,4,10-11H2,1-3H3;1H/t13-,15-;/m0./s1. The van der Waals surface area contributed by atoms with Gasteiger partial charge in [0.1, 0.15) is 0 Å². The quantitative estimate of drug-likeness (QED) is 0.778. The van der Waals surface area contributed by atoms with E-state index in [1.165, 1.54) is 0 Å². The fourth-order valence-electron chi connectivity index (χ4n) is 2.71. The van der Waals surface area contributed by atoms with Crippen LogP contribution in [0, 0.1) is 5.92 Å². The molecule has 0 N–H and O–H groups in total. The maximum Gasteiger partial charge on any atom is 0.316 e. The van der Waals surface area contributed by atoms with Crippen LogP contribution in [0.3, 0.4) is 0 Å². The van der Waals surface area contributed by atoms with E-state index in [4.69, 9.17) is 4.74 Å². The Labute approximate surface area is 121 Å². The van der Waals surface area contributed by atoms with E-state index in [0.717, 1.165) is 18.5 Å². The van der Waals surface area contributed by atoms with Crippen molar-refractivity contribution < 1.29 is 9.53 Å². The minimum Gasteiger partial charge on any atom is -0.465 e. The molecule has 0 radical (unpaired) electrons. The molecule has 0 unspecified atom stereocenters. The number of nitrogens with zero attached hydrogens (tertiary/aromatic N) is 1. The number of carbonyl (C=O) groups excluding carboxylic acids is 1. The number of hydrogen-bond donors (Lipinski definition) is 0. The van der Waals surface area contributed by atoms with Crippen molar-refractivity contribution in [2.24, 2.45) is 5.92 Å². The average Bonchev–Trinajstić information content (AvgIpc) is 3.05. The molecule has 2 atom stereocenters. The Kier molecular flexibility index (Phi) is 5.39. The predicted molar refractivity (Wildman–Crippen MR) is 78.7 cm³/mol. The van der Waals surface area contributed by atoms with Gasteiger partial charge >= 0.3 is 5.97 Å². The Morgan fingerprint density at radius 2 is 2.00 bits per heavy atom. The lowest BCUT2D eigenvalue weighted by atomic mass is 9.93. The van der Waals surface area contributed by atoms with Crippen LogP contribution in [0.4, 0.5) is 0 Å². The summed E-state index contributed by atoms with van der Waals surface area (Å²) in [6.45, 7) is 3.23. The van der Waals surface area contributed by atoms with E-state index < -0.39 is 5.41 Å². The first-order chi connectivity index (χ1) is 8.61. The molecule has 106 valence electrons. The summed E-state index contributed by atoms with van der Waals surface area (Å²) in [5.41, 5.74) is 0.692. The van der Waals surface area contributed by atoms with Gasteiger partial charge in [0.25, 0.3) is 0 Å². The third kappa shape index (κ3) is 3.10. The molecule has 0 heterocycles. The Morgan fingerprint density at radius 1 is 1.37 bits per heavy atom. The number of carbonyl (C=O) groups is 1. The zero-order valence-electron chi connectivity index (χ0n) is 11.8. The van der Waals surface area contributed by atoms with Crippen LogP contribution in [0.5, 0.6) is 0 Å². The monoisotopic (exact) mass is 283 g/mol. The highest BCUT2D eigenvalue weighted by atomic mass is 35.5. The number of esters is 1. The minimum absolute atomic E-state index is 0. The van der Waals surface area contributed by atoms with Crippen LogP contribution >= 0.6 is 12.4 Å². The van der Waals surface area contributed by atoms with Crippen LogP contribution in [0.2, 0.25) is 0 Å². The molecule has 4 heteroatoms. The lowest BCUT2D eigenvalue weighted by molar-refractivity contribution is -0.146. The molecule has 0 spiro atoms. The number of hydrogen-bond acceptors (Lipinski definition) is 3. The van der Waals surface area contributed by atoms with Gasteiger partial charge in [-0.1, -0.05) is 30.3 Å². The summed E-state index contributed by atoms with van der Waals surface area (Å²) >= 11 is 0. The Bertz CT molecular complexity index is 421. The smallest absolute Gasteiger partial charge is 0.316 e. The summed E-state index contributed by atoms with van der Waals surface area (Å²) in [6, 6.07) is 10.0. The molecule has 1 aliphatic rings. The SMILES string of the molecule is CCOC(=O)[C@]1(c2ccccc2)C[C@H]1CN(C)C.Cl. The third-order valence-electron chi connectivity index (χ3n) is 3.62. The Morgan fingerprint density at radius 3 is 2.53 bits per heavy atom. The summed E-state index contributed by atoms with van der Waals surface area (Å²) in [7, 11) is 4.08. The van der Waals surface area contributed by atoms with Crippen molar-refractivity contribution in [3.8, 4) is 0 Å². The number of halogens is 1. The summed E-state index contributed by atoms with van der Waals surface area (Å²) in [6.07, 6.45) is 0.897. The van der Waals surface area contributed by atoms with Crippen LogP contribution in [-0.4, -0.2) is 38.1 Å². The van der Waals surface area contributed by atoms with Gasteiger partial charge in [0.05, 0.1) is 12.0 Å². The van der Waals surface area contributed by atoms with Crippen molar-refractivity contribution in [3.63, 3.8) is 0 Å². The maximum atomic E-state index is 12.3. The molecule has 1 aliphatic carbocycles. The molecule has 2 rings (SSSR count). The van der Waals surface area contributed by atoms with E-state index in [1.807, 2.05) is 51.4 Å². The van der Waals surface area contributed by atoms with E-state index in [9.17, 15) is 4.79 Å². The second-order valence-corrected chi connectivity index (χ2v) is 5.22. The topological polar surface area (TPSA) is 29.5 Å². The molecule has 1 aromatic carbocycles. The zero-order valence-corrected chi connectivity index (χ0v) is 12.6. The Balaban J connectivity index is 0.00000180.